The van der Waals surface area contributed by atoms with Crippen molar-refractivity contribution in [3.05, 3.63) is 89.0 Å². The number of likely N-dealkylation sites (N-methyl/N-ethyl adjacent to an activating group) is 1. The topological polar surface area (TPSA) is 107 Å². The summed E-state index contributed by atoms with van der Waals surface area (Å²) >= 11 is 0. The largest absolute Gasteiger partial charge is 0.481 e. The van der Waals surface area contributed by atoms with Crippen molar-refractivity contribution in [1.29, 1.82) is 0 Å². The van der Waals surface area contributed by atoms with E-state index in [4.69, 9.17) is 5.11 Å². The third kappa shape index (κ3) is 7.60. The summed E-state index contributed by atoms with van der Waals surface area (Å²) in [5.41, 5.74) is 2.68. The highest BCUT2D eigenvalue weighted by molar-refractivity contribution is 7.89. The van der Waals surface area contributed by atoms with Crippen LogP contribution in [0.5, 0.6) is 0 Å². The molecule has 3 N–H and O–H groups in total. The van der Waals surface area contributed by atoms with E-state index in [0.717, 1.165) is 29.6 Å². The van der Waals surface area contributed by atoms with E-state index in [0.29, 0.717) is 5.92 Å². The molecule has 0 amide bonds. The number of hydrogen-bond donors (Lipinski definition) is 3. The van der Waals surface area contributed by atoms with Gasteiger partial charge in [-0.05, 0) is 85.9 Å². The van der Waals surface area contributed by atoms with Gasteiger partial charge in [0.15, 0.2) is 11.6 Å². The van der Waals surface area contributed by atoms with Crippen LogP contribution in [0.2, 0.25) is 0 Å². The summed E-state index contributed by atoms with van der Waals surface area (Å²) in [6.07, 6.45) is 1.60. The van der Waals surface area contributed by atoms with Crippen molar-refractivity contribution in [3.8, 4) is 11.1 Å². The van der Waals surface area contributed by atoms with Crippen molar-refractivity contribution < 1.29 is 32.2 Å². The smallest absolute Gasteiger partial charge is 0.303 e. The molecule has 0 aromatic heterocycles. The molecule has 0 saturated heterocycles. The summed E-state index contributed by atoms with van der Waals surface area (Å²) in [4.78, 5) is 10.9. The highest BCUT2D eigenvalue weighted by Crippen LogP contribution is 2.33. The Bertz CT molecular complexity index is 1520. The molecule has 0 heterocycles. The number of aliphatic carboxylic acids is 1. The van der Waals surface area contributed by atoms with E-state index >= 15 is 0 Å². The van der Waals surface area contributed by atoms with Gasteiger partial charge in [0.25, 0.3) is 0 Å². The molecule has 226 valence electrons. The predicted molar refractivity (Wildman–Crippen MR) is 158 cm³/mol. The molecule has 0 aliphatic heterocycles. The number of halogens is 2. The fourth-order valence-corrected chi connectivity index (χ4v) is 7.04. The lowest BCUT2D eigenvalue weighted by Crippen LogP contribution is -2.47. The summed E-state index contributed by atoms with van der Waals surface area (Å²) in [5.74, 6) is -2.90. The summed E-state index contributed by atoms with van der Waals surface area (Å²) in [7, 11) is -2.74. The van der Waals surface area contributed by atoms with Crippen molar-refractivity contribution in [2.75, 3.05) is 20.1 Å². The number of hydrogen-bond acceptors (Lipinski definition) is 5. The minimum Gasteiger partial charge on any atom is -0.481 e. The maximum absolute atomic E-state index is 14.9. The average Bonchev–Trinajstić information content (AvgIpc) is 3.34. The van der Waals surface area contributed by atoms with Crippen molar-refractivity contribution in [3.63, 3.8) is 0 Å². The van der Waals surface area contributed by atoms with E-state index in [-0.39, 0.29) is 53.1 Å². The molecule has 3 aromatic carbocycles. The number of sulfonamides is 1. The lowest BCUT2D eigenvalue weighted by molar-refractivity contribution is -0.136. The lowest BCUT2D eigenvalue weighted by atomic mass is 9.88. The fraction of sp³-hybridized carbons (Fsp3) is 0.406. The first kappa shape index (κ1) is 31.7. The number of rotatable bonds is 13. The van der Waals surface area contributed by atoms with Crippen molar-refractivity contribution in [2.24, 2.45) is 5.92 Å². The van der Waals surface area contributed by atoms with Gasteiger partial charge in [0.2, 0.25) is 10.0 Å². The zero-order valence-electron chi connectivity index (χ0n) is 24.1. The Hall–Kier alpha value is -3.18. The quantitative estimate of drug-likeness (QED) is 0.260. The van der Waals surface area contributed by atoms with E-state index in [1.165, 1.54) is 48.5 Å². The van der Waals surface area contributed by atoms with Crippen LogP contribution in [-0.4, -0.2) is 60.7 Å². The maximum Gasteiger partial charge on any atom is 0.303 e. The Morgan fingerprint density at radius 2 is 1.74 bits per heavy atom. The number of β-amino-alcohol motifs (C(OH)–C–C–N with tert-alkyl or cyclic N) is 1. The van der Waals surface area contributed by atoms with Gasteiger partial charge in [-0.3, -0.25) is 4.79 Å². The van der Waals surface area contributed by atoms with Gasteiger partial charge in [0, 0.05) is 37.7 Å². The first-order valence-electron chi connectivity index (χ1n) is 14.0. The zero-order valence-corrected chi connectivity index (χ0v) is 24.9. The molecular formula is C32H38F2N2O5S. The first-order chi connectivity index (χ1) is 19.8. The van der Waals surface area contributed by atoms with Crippen molar-refractivity contribution >= 4 is 16.0 Å². The van der Waals surface area contributed by atoms with E-state index in [1.54, 1.807) is 0 Å². The lowest BCUT2D eigenvalue weighted by Gasteiger charge is -2.31. The number of carboxylic acid groups (broad SMARTS) is 1. The van der Waals surface area contributed by atoms with E-state index < -0.39 is 33.7 Å². The van der Waals surface area contributed by atoms with Gasteiger partial charge in [0.05, 0.1) is 11.0 Å². The number of aliphatic hydroxyl groups is 1. The van der Waals surface area contributed by atoms with Gasteiger partial charge in [0.1, 0.15) is 0 Å². The first-order valence-corrected chi connectivity index (χ1v) is 15.5. The number of carboxylic acids is 1. The molecule has 0 saturated carbocycles. The molecule has 0 fully saturated rings. The highest BCUT2D eigenvalue weighted by atomic mass is 32.2. The second-order valence-corrected chi connectivity index (χ2v) is 13.8. The van der Waals surface area contributed by atoms with Crippen LogP contribution in [0.4, 0.5) is 8.78 Å². The summed E-state index contributed by atoms with van der Waals surface area (Å²) in [5, 5.41) is 23.2. The molecule has 42 heavy (non-hydrogen) atoms. The van der Waals surface area contributed by atoms with E-state index in [2.05, 4.69) is 43.4 Å². The van der Waals surface area contributed by atoms with Crippen molar-refractivity contribution in [2.45, 2.75) is 62.5 Å². The number of fused-ring (bicyclic) bond motifs is 1. The molecule has 7 nitrogen and oxygen atoms in total. The molecule has 0 radical (unpaired) electrons. The van der Waals surface area contributed by atoms with Gasteiger partial charge in [-0.15, -0.1) is 0 Å². The monoisotopic (exact) mass is 600 g/mol. The van der Waals surface area contributed by atoms with Gasteiger partial charge < -0.3 is 15.5 Å². The molecule has 0 bridgehead atoms. The molecule has 0 unspecified atom stereocenters. The maximum atomic E-state index is 14.9. The van der Waals surface area contributed by atoms with Crippen LogP contribution in [0.15, 0.2) is 65.6 Å². The third-order valence-corrected chi connectivity index (χ3v) is 9.66. The second-order valence-electron chi connectivity index (χ2n) is 11.8. The van der Waals surface area contributed by atoms with Crippen LogP contribution in [0.3, 0.4) is 0 Å². The molecule has 1 aliphatic carbocycles. The van der Waals surface area contributed by atoms with E-state index in [9.17, 15) is 27.1 Å². The number of carbonyl (C=O) groups is 1. The average molecular weight is 601 g/mol. The Morgan fingerprint density at radius 3 is 2.38 bits per heavy atom. The van der Waals surface area contributed by atoms with Gasteiger partial charge >= 0.3 is 5.97 Å². The van der Waals surface area contributed by atoms with Crippen LogP contribution in [0, 0.1) is 17.6 Å². The van der Waals surface area contributed by atoms with Crippen LogP contribution in [-0.2, 0) is 34.1 Å². The fourth-order valence-electron chi connectivity index (χ4n) is 5.79. The van der Waals surface area contributed by atoms with Crippen LogP contribution < -0.4 is 5.32 Å². The van der Waals surface area contributed by atoms with Crippen LogP contribution >= 0.6 is 0 Å². The van der Waals surface area contributed by atoms with E-state index in [1.807, 2.05) is 0 Å². The van der Waals surface area contributed by atoms with Gasteiger partial charge in [-0.25, -0.2) is 17.2 Å². The Balaban J connectivity index is 1.41. The molecule has 3 aromatic rings. The molecular weight excluding hydrogens is 562 g/mol. The second kappa shape index (κ2) is 13.0. The molecule has 4 rings (SSSR count). The standard InChI is InChI=1S/C32H38F2N2O5S/c1-32(2,18-21-15-23-7-4-5-8-24(23)16-21)35-19-26(37)20-36(3)42(40,41)27-10-6-9-25(17-27)30-22(12-14-29(38)39)11-13-28(33)31(30)34/h4-11,13,17,21,26,35,37H,12,14-16,18-20H2,1-3H3,(H,38,39)/t26-/m1/s1. The Labute approximate surface area is 246 Å². The number of aryl methyl sites for hydroxylation is 1. The number of nitrogens with one attached hydrogen (secondary N) is 1. The highest BCUT2D eigenvalue weighted by Gasteiger charge is 2.30. The predicted octanol–water partition coefficient (Wildman–Crippen LogP) is 4.80. The van der Waals surface area contributed by atoms with Crippen molar-refractivity contribution in [1.82, 2.24) is 9.62 Å². The summed E-state index contributed by atoms with van der Waals surface area (Å²) < 4.78 is 56.8. The third-order valence-electron chi connectivity index (χ3n) is 7.84. The Morgan fingerprint density at radius 1 is 1.07 bits per heavy atom. The van der Waals surface area contributed by atoms with Gasteiger partial charge in [-0.2, -0.15) is 4.31 Å². The van der Waals surface area contributed by atoms with Gasteiger partial charge in [-0.1, -0.05) is 42.5 Å². The van der Waals surface area contributed by atoms with Crippen LogP contribution in [0.1, 0.15) is 43.4 Å². The number of nitrogens with zero attached hydrogens (tertiary/aromatic N) is 1. The molecule has 10 heteroatoms. The SMILES string of the molecule is CN(C[C@H](O)CNC(C)(C)CC1Cc2ccccc2C1)S(=O)(=O)c1cccc(-c2c(CCC(=O)O)ccc(F)c2F)c1. The summed E-state index contributed by atoms with van der Waals surface area (Å²) in [6.45, 7) is 4.16. The van der Waals surface area contributed by atoms with Crippen LogP contribution in [0.25, 0.3) is 11.1 Å². The summed E-state index contributed by atoms with van der Waals surface area (Å²) in [6, 6.07) is 16.1. The zero-order chi connectivity index (χ0) is 30.7. The Kier molecular flexibility index (Phi) is 9.82. The molecule has 0 spiro atoms. The minimum absolute atomic E-state index is 0.0536. The molecule has 1 atom stereocenters. The normalized spacial score (nSPS) is 14.7. The minimum atomic E-state index is -4.09. The molecule has 1 aliphatic rings. The number of aliphatic hydroxyl groups excluding tert-OH is 1. The number of benzene rings is 3.